The summed E-state index contributed by atoms with van der Waals surface area (Å²) in [6.07, 6.45) is 1.72. The van der Waals surface area contributed by atoms with Crippen LogP contribution in [0.2, 0.25) is 0 Å². The van der Waals surface area contributed by atoms with Gasteiger partial charge in [-0.15, -0.1) is 0 Å². The number of rotatable bonds is 3. The van der Waals surface area contributed by atoms with E-state index >= 15 is 0 Å². The lowest BCUT2D eigenvalue weighted by atomic mass is 10.1. The molecule has 0 saturated carbocycles. The number of benzene rings is 1. The molecule has 0 aliphatic rings. The Hall–Kier alpha value is -1.61. The van der Waals surface area contributed by atoms with E-state index < -0.39 is 0 Å². The van der Waals surface area contributed by atoms with Crippen LogP contribution in [0.5, 0.6) is 0 Å². The molecule has 3 aromatic rings. The molecule has 2 amide bonds. The lowest BCUT2D eigenvalue weighted by molar-refractivity contribution is 0.248. The van der Waals surface area contributed by atoms with E-state index in [0.717, 1.165) is 25.2 Å². The average molecular weight is 427 g/mol. The molecule has 2 aromatic heterocycles. The van der Waals surface area contributed by atoms with Crippen molar-refractivity contribution in [3.8, 4) is 0 Å². The standard InChI is InChI=1S/C15H14IN3O2S/c1-8-10-5-3-4-6-11(10)21-13(8)9(2)18-14(20)19-15-17-7-12(16)22-15/h3-7,9H,1-2H3,(H2,17,18,19,20)/t9-/m0/s1. The summed E-state index contributed by atoms with van der Waals surface area (Å²) in [4.78, 5) is 16.1. The number of hydrogen-bond donors (Lipinski definition) is 2. The number of furan rings is 1. The monoisotopic (exact) mass is 427 g/mol. The van der Waals surface area contributed by atoms with Gasteiger partial charge in [0.2, 0.25) is 0 Å². The molecule has 114 valence electrons. The van der Waals surface area contributed by atoms with Crippen LogP contribution in [0.15, 0.2) is 34.9 Å². The fourth-order valence-corrected chi connectivity index (χ4v) is 3.62. The Kier molecular flexibility index (Phi) is 4.34. The Morgan fingerprint density at radius 3 is 2.86 bits per heavy atom. The van der Waals surface area contributed by atoms with E-state index in [1.165, 1.54) is 11.3 Å². The molecule has 0 aliphatic heterocycles. The molecule has 0 bridgehead atoms. The molecule has 22 heavy (non-hydrogen) atoms. The summed E-state index contributed by atoms with van der Waals surface area (Å²) in [6, 6.07) is 7.33. The molecule has 3 rings (SSSR count). The third-order valence-electron chi connectivity index (χ3n) is 3.32. The summed E-state index contributed by atoms with van der Waals surface area (Å²) in [5, 5.41) is 7.25. The highest BCUT2D eigenvalue weighted by Crippen LogP contribution is 2.29. The molecule has 0 fully saturated rings. The number of carbonyl (C=O) groups is 1. The van der Waals surface area contributed by atoms with Crippen LogP contribution in [-0.2, 0) is 0 Å². The summed E-state index contributed by atoms with van der Waals surface area (Å²) >= 11 is 3.59. The van der Waals surface area contributed by atoms with Crippen molar-refractivity contribution >= 4 is 56.1 Å². The number of halogens is 1. The zero-order valence-corrected chi connectivity index (χ0v) is 15.0. The molecule has 2 N–H and O–H groups in total. The maximum Gasteiger partial charge on any atom is 0.321 e. The van der Waals surface area contributed by atoms with E-state index in [9.17, 15) is 4.79 Å². The number of amides is 2. The summed E-state index contributed by atoms with van der Waals surface area (Å²) < 4.78 is 6.88. The van der Waals surface area contributed by atoms with Crippen molar-refractivity contribution in [2.24, 2.45) is 0 Å². The highest BCUT2D eigenvalue weighted by molar-refractivity contribution is 14.1. The minimum Gasteiger partial charge on any atom is -0.459 e. The van der Waals surface area contributed by atoms with Crippen LogP contribution in [0.25, 0.3) is 11.0 Å². The van der Waals surface area contributed by atoms with Crippen LogP contribution in [0, 0.1) is 9.81 Å². The van der Waals surface area contributed by atoms with Crippen molar-refractivity contribution in [1.82, 2.24) is 10.3 Å². The largest absolute Gasteiger partial charge is 0.459 e. The zero-order valence-electron chi connectivity index (χ0n) is 12.0. The van der Waals surface area contributed by atoms with Gasteiger partial charge in [0.1, 0.15) is 11.3 Å². The van der Waals surface area contributed by atoms with Gasteiger partial charge in [-0.1, -0.05) is 29.5 Å². The number of anilines is 1. The molecule has 1 aromatic carbocycles. The minimum atomic E-state index is -0.293. The molecule has 0 aliphatic carbocycles. The van der Waals surface area contributed by atoms with Crippen LogP contribution in [0.1, 0.15) is 24.3 Å². The first-order chi connectivity index (χ1) is 10.5. The number of thiazole rings is 1. The van der Waals surface area contributed by atoms with E-state index in [1.807, 2.05) is 38.1 Å². The first kappa shape index (κ1) is 15.3. The van der Waals surface area contributed by atoms with E-state index in [2.05, 4.69) is 38.2 Å². The Labute approximate surface area is 145 Å². The second-order valence-corrected chi connectivity index (χ2v) is 7.80. The van der Waals surface area contributed by atoms with E-state index in [-0.39, 0.29) is 12.1 Å². The van der Waals surface area contributed by atoms with Gasteiger partial charge in [-0.3, -0.25) is 5.32 Å². The van der Waals surface area contributed by atoms with Crippen molar-refractivity contribution in [2.75, 3.05) is 5.32 Å². The summed E-state index contributed by atoms with van der Waals surface area (Å²) in [5.41, 5.74) is 1.88. The number of aryl methyl sites for hydroxylation is 1. The molecule has 0 radical (unpaired) electrons. The van der Waals surface area contributed by atoms with Gasteiger partial charge >= 0.3 is 6.03 Å². The third kappa shape index (κ3) is 3.09. The predicted octanol–water partition coefficient (Wildman–Crippen LogP) is 4.69. The minimum absolute atomic E-state index is 0.230. The lowest BCUT2D eigenvalue weighted by Crippen LogP contribution is -2.31. The Balaban J connectivity index is 1.74. The van der Waals surface area contributed by atoms with Crippen molar-refractivity contribution in [2.45, 2.75) is 19.9 Å². The van der Waals surface area contributed by atoms with Crippen molar-refractivity contribution < 1.29 is 9.21 Å². The zero-order chi connectivity index (χ0) is 15.7. The van der Waals surface area contributed by atoms with Crippen LogP contribution in [0.3, 0.4) is 0 Å². The summed E-state index contributed by atoms with van der Waals surface area (Å²) in [7, 11) is 0. The van der Waals surface area contributed by atoms with Gasteiger partial charge in [0, 0.05) is 10.9 Å². The molecule has 1 atom stereocenters. The Morgan fingerprint density at radius 1 is 1.41 bits per heavy atom. The number of aromatic nitrogens is 1. The molecule has 0 unspecified atom stereocenters. The van der Waals surface area contributed by atoms with Gasteiger partial charge in [0.25, 0.3) is 0 Å². The quantitative estimate of drug-likeness (QED) is 0.597. The number of hydrogen-bond acceptors (Lipinski definition) is 4. The SMILES string of the molecule is Cc1c([C@H](C)NC(=O)Nc2ncc(I)s2)oc2ccccc12. The van der Waals surface area contributed by atoms with Crippen molar-refractivity contribution in [3.63, 3.8) is 0 Å². The second kappa shape index (κ2) is 6.25. The summed E-state index contributed by atoms with van der Waals surface area (Å²) in [6.45, 7) is 3.90. The number of urea groups is 1. The number of carbonyl (C=O) groups excluding carboxylic acids is 1. The second-order valence-electron chi connectivity index (χ2n) is 4.88. The number of nitrogens with one attached hydrogen (secondary N) is 2. The number of nitrogens with zero attached hydrogens (tertiary/aromatic N) is 1. The molecular formula is C15H14IN3O2S. The van der Waals surface area contributed by atoms with Gasteiger partial charge < -0.3 is 9.73 Å². The molecule has 7 heteroatoms. The highest BCUT2D eigenvalue weighted by Gasteiger charge is 2.18. The molecule has 0 saturated heterocycles. The maximum atomic E-state index is 12.0. The topological polar surface area (TPSA) is 67.2 Å². The molecular weight excluding hydrogens is 413 g/mol. The van der Waals surface area contributed by atoms with Gasteiger partial charge in [0.05, 0.1) is 15.1 Å². The highest BCUT2D eigenvalue weighted by atomic mass is 127. The average Bonchev–Trinajstić information content (AvgIpc) is 3.03. The predicted molar refractivity (Wildman–Crippen MR) is 96.4 cm³/mol. The Bertz CT molecular complexity index is 827. The fraction of sp³-hybridized carbons (Fsp3) is 0.200. The first-order valence-electron chi connectivity index (χ1n) is 6.71. The normalized spacial score (nSPS) is 12.3. The van der Waals surface area contributed by atoms with E-state index in [1.54, 1.807) is 6.20 Å². The van der Waals surface area contributed by atoms with Crippen molar-refractivity contribution in [1.29, 1.82) is 0 Å². The smallest absolute Gasteiger partial charge is 0.321 e. The van der Waals surface area contributed by atoms with E-state index in [0.29, 0.717) is 5.13 Å². The molecule has 5 nitrogen and oxygen atoms in total. The number of fused-ring (bicyclic) bond motifs is 1. The van der Waals surface area contributed by atoms with Crippen LogP contribution < -0.4 is 10.6 Å². The van der Waals surface area contributed by atoms with Gasteiger partial charge in [-0.25, -0.2) is 9.78 Å². The maximum absolute atomic E-state index is 12.0. The van der Waals surface area contributed by atoms with Crippen LogP contribution in [-0.4, -0.2) is 11.0 Å². The Morgan fingerprint density at radius 2 is 2.18 bits per heavy atom. The molecule has 2 heterocycles. The van der Waals surface area contributed by atoms with Gasteiger partial charge in [0.15, 0.2) is 5.13 Å². The van der Waals surface area contributed by atoms with Gasteiger partial charge in [-0.05, 0) is 42.5 Å². The van der Waals surface area contributed by atoms with Crippen LogP contribution in [0.4, 0.5) is 9.93 Å². The third-order valence-corrected chi connectivity index (χ3v) is 4.96. The lowest BCUT2D eigenvalue weighted by Gasteiger charge is -2.12. The van der Waals surface area contributed by atoms with E-state index in [4.69, 9.17) is 4.42 Å². The first-order valence-corrected chi connectivity index (χ1v) is 8.61. The van der Waals surface area contributed by atoms with Crippen molar-refractivity contribution in [3.05, 3.63) is 44.7 Å². The van der Waals surface area contributed by atoms with Crippen LogP contribution >= 0.6 is 33.9 Å². The molecule has 0 spiro atoms. The fourth-order valence-electron chi connectivity index (χ4n) is 2.31. The summed E-state index contributed by atoms with van der Waals surface area (Å²) in [5.74, 6) is 0.769. The van der Waals surface area contributed by atoms with Gasteiger partial charge in [-0.2, -0.15) is 0 Å². The number of para-hydroxylation sites is 1.